The number of amidine groups is 1. The van der Waals surface area contributed by atoms with Crippen LogP contribution in [0.15, 0.2) is 53.7 Å². The molecule has 0 aromatic heterocycles. The maximum Gasteiger partial charge on any atom is 0.170 e. The zero-order valence-corrected chi connectivity index (χ0v) is 13.7. The van der Waals surface area contributed by atoms with Crippen LogP contribution < -0.4 is 15.2 Å². The molecule has 2 aromatic rings. The number of oxime groups is 1. The van der Waals surface area contributed by atoms with Gasteiger partial charge in [0, 0.05) is 5.56 Å². The second kappa shape index (κ2) is 8.08. The van der Waals surface area contributed by atoms with Crippen LogP contribution >= 0.6 is 0 Å². The fraction of sp³-hybridized carbons (Fsp3) is 0.278. The Morgan fingerprint density at radius 1 is 1.00 bits per heavy atom. The van der Waals surface area contributed by atoms with Crippen molar-refractivity contribution in [2.75, 3.05) is 7.11 Å². The molecule has 122 valence electrons. The predicted molar refractivity (Wildman–Crippen MR) is 90.7 cm³/mol. The summed E-state index contributed by atoms with van der Waals surface area (Å²) in [4.78, 5) is 5.30. The highest BCUT2D eigenvalue weighted by molar-refractivity contribution is 5.97. The highest BCUT2D eigenvalue weighted by atomic mass is 16.6. The number of rotatable bonds is 7. The van der Waals surface area contributed by atoms with E-state index in [1.165, 1.54) is 0 Å². The minimum absolute atomic E-state index is 0.158. The number of hydrogen-bond acceptors (Lipinski definition) is 4. The molecule has 2 N–H and O–H groups in total. The monoisotopic (exact) mass is 314 g/mol. The Balaban J connectivity index is 1.89. The van der Waals surface area contributed by atoms with Crippen molar-refractivity contribution >= 4 is 5.84 Å². The zero-order valence-electron chi connectivity index (χ0n) is 13.7. The van der Waals surface area contributed by atoms with E-state index in [0.717, 1.165) is 22.6 Å². The van der Waals surface area contributed by atoms with Crippen LogP contribution in [0.5, 0.6) is 11.5 Å². The molecule has 0 saturated carbocycles. The second-order valence-electron chi connectivity index (χ2n) is 5.29. The Labute approximate surface area is 136 Å². The van der Waals surface area contributed by atoms with E-state index in [9.17, 15) is 0 Å². The summed E-state index contributed by atoms with van der Waals surface area (Å²) in [6.45, 7) is 4.33. The lowest BCUT2D eigenvalue weighted by Gasteiger charge is -2.09. The van der Waals surface area contributed by atoms with Crippen LogP contribution in [0.3, 0.4) is 0 Å². The van der Waals surface area contributed by atoms with Gasteiger partial charge < -0.3 is 20.0 Å². The quantitative estimate of drug-likeness (QED) is 0.484. The minimum Gasteiger partial charge on any atom is -0.497 e. The molecule has 0 heterocycles. The number of methoxy groups -OCH3 is 1. The summed E-state index contributed by atoms with van der Waals surface area (Å²) in [5.74, 6) is 1.93. The Morgan fingerprint density at radius 2 is 1.61 bits per heavy atom. The van der Waals surface area contributed by atoms with Crippen LogP contribution in [-0.4, -0.2) is 19.0 Å². The molecular weight excluding hydrogens is 292 g/mol. The maximum absolute atomic E-state index is 5.89. The molecule has 0 bridgehead atoms. The van der Waals surface area contributed by atoms with Gasteiger partial charge in [-0.25, -0.2) is 0 Å². The van der Waals surface area contributed by atoms with Crippen molar-refractivity contribution in [2.24, 2.45) is 10.9 Å². The third kappa shape index (κ3) is 5.21. The van der Waals surface area contributed by atoms with E-state index in [1.54, 1.807) is 7.11 Å². The fourth-order valence-corrected chi connectivity index (χ4v) is 1.93. The Morgan fingerprint density at radius 3 is 2.17 bits per heavy atom. The van der Waals surface area contributed by atoms with Gasteiger partial charge in [-0.15, -0.1) is 0 Å². The molecule has 0 fully saturated rings. The Bertz CT molecular complexity index is 634. The molecule has 0 aliphatic heterocycles. The molecule has 5 heteroatoms. The summed E-state index contributed by atoms with van der Waals surface area (Å²) >= 11 is 0. The highest BCUT2D eigenvalue weighted by Crippen LogP contribution is 2.15. The van der Waals surface area contributed by atoms with E-state index in [4.69, 9.17) is 20.0 Å². The lowest BCUT2D eigenvalue weighted by Crippen LogP contribution is -2.13. The van der Waals surface area contributed by atoms with E-state index in [0.29, 0.717) is 12.4 Å². The van der Waals surface area contributed by atoms with Crippen molar-refractivity contribution in [3.05, 3.63) is 59.7 Å². The van der Waals surface area contributed by atoms with Gasteiger partial charge in [-0.1, -0.05) is 17.3 Å². The van der Waals surface area contributed by atoms with E-state index in [2.05, 4.69) is 5.16 Å². The molecule has 2 aromatic carbocycles. The first kappa shape index (κ1) is 16.7. The molecule has 23 heavy (non-hydrogen) atoms. The van der Waals surface area contributed by atoms with Crippen LogP contribution in [0.2, 0.25) is 0 Å². The summed E-state index contributed by atoms with van der Waals surface area (Å²) in [5, 5.41) is 3.94. The Hall–Kier alpha value is -2.69. The number of ether oxygens (including phenoxy) is 2. The van der Waals surface area contributed by atoms with E-state index in [-0.39, 0.29) is 6.10 Å². The molecule has 0 aliphatic rings. The fourth-order valence-electron chi connectivity index (χ4n) is 1.93. The zero-order chi connectivity index (χ0) is 16.7. The van der Waals surface area contributed by atoms with Gasteiger partial charge in [-0.2, -0.15) is 0 Å². The number of benzene rings is 2. The van der Waals surface area contributed by atoms with Crippen LogP contribution in [0.1, 0.15) is 25.0 Å². The highest BCUT2D eigenvalue weighted by Gasteiger charge is 2.01. The van der Waals surface area contributed by atoms with Crippen LogP contribution in [-0.2, 0) is 11.4 Å². The summed E-state index contributed by atoms with van der Waals surface area (Å²) in [6.07, 6.45) is 0.158. The molecule has 0 aliphatic carbocycles. The average molecular weight is 314 g/mol. The first-order chi connectivity index (χ1) is 11.1. The van der Waals surface area contributed by atoms with Gasteiger partial charge >= 0.3 is 0 Å². The first-order valence-corrected chi connectivity index (χ1v) is 7.44. The maximum atomic E-state index is 5.89. The molecular formula is C18H22N2O3. The number of hydrogen-bond donors (Lipinski definition) is 1. The van der Waals surface area contributed by atoms with Gasteiger partial charge in [-0.05, 0) is 55.8 Å². The van der Waals surface area contributed by atoms with Crippen molar-refractivity contribution in [1.29, 1.82) is 0 Å². The largest absolute Gasteiger partial charge is 0.497 e. The standard InChI is InChI=1S/C18H22N2O3/c1-13(2)23-17-8-4-14(5-9-17)12-22-20-18(19)15-6-10-16(21-3)11-7-15/h4-11,13H,12H2,1-3H3,(H2,19,20). The minimum atomic E-state index is 0.158. The van der Waals surface area contributed by atoms with Crippen molar-refractivity contribution < 1.29 is 14.3 Å². The van der Waals surface area contributed by atoms with Gasteiger partial charge in [0.2, 0.25) is 0 Å². The molecule has 0 radical (unpaired) electrons. The lowest BCUT2D eigenvalue weighted by molar-refractivity contribution is 0.130. The van der Waals surface area contributed by atoms with Gasteiger partial charge in [0.25, 0.3) is 0 Å². The molecule has 0 amide bonds. The summed E-state index contributed by atoms with van der Waals surface area (Å²) < 4.78 is 10.7. The summed E-state index contributed by atoms with van der Waals surface area (Å²) in [7, 11) is 1.62. The lowest BCUT2D eigenvalue weighted by atomic mass is 10.2. The average Bonchev–Trinajstić information content (AvgIpc) is 2.56. The normalized spacial score (nSPS) is 11.4. The van der Waals surface area contributed by atoms with Gasteiger partial charge in [0.15, 0.2) is 5.84 Å². The molecule has 0 unspecified atom stereocenters. The van der Waals surface area contributed by atoms with E-state index < -0.39 is 0 Å². The van der Waals surface area contributed by atoms with Crippen LogP contribution in [0.25, 0.3) is 0 Å². The smallest absolute Gasteiger partial charge is 0.170 e. The van der Waals surface area contributed by atoms with Crippen LogP contribution in [0, 0.1) is 0 Å². The molecule has 0 saturated heterocycles. The third-order valence-corrected chi connectivity index (χ3v) is 3.08. The van der Waals surface area contributed by atoms with Crippen molar-refractivity contribution in [2.45, 2.75) is 26.6 Å². The topological polar surface area (TPSA) is 66.1 Å². The molecule has 2 rings (SSSR count). The summed E-state index contributed by atoms with van der Waals surface area (Å²) in [5.41, 5.74) is 7.67. The van der Waals surface area contributed by atoms with Crippen molar-refractivity contribution in [3.8, 4) is 11.5 Å². The molecule has 0 spiro atoms. The SMILES string of the molecule is COc1ccc(/C(N)=N/OCc2ccc(OC(C)C)cc2)cc1. The molecule has 5 nitrogen and oxygen atoms in total. The van der Waals surface area contributed by atoms with Gasteiger partial charge in [-0.3, -0.25) is 0 Å². The summed E-state index contributed by atoms with van der Waals surface area (Å²) in [6, 6.07) is 15.0. The first-order valence-electron chi connectivity index (χ1n) is 7.44. The molecule has 0 atom stereocenters. The Kier molecular flexibility index (Phi) is 5.86. The van der Waals surface area contributed by atoms with Gasteiger partial charge in [0.1, 0.15) is 18.1 Å². The van der Waals surface area contributed by atoms with Crippen molar-refractivity contribution in [1.82, 2.24) is 0 Å². The van der Waals surface area contributed by atoms with E-state index in [1.807, 2.05) is 62.4 Å². The van der Waals surface area contributed by atoms with Crippen molar-refractivity contribution in [3.63, 3.8) is 0 Å². The number of nitrogens with two attached hydrogens (primary N) is 1. The number of nitrogens with zero attached hydrogens (tertiary/aromatic N) is 1. The van der Waals surface area contributed by atoms with Crippen LogP contribution in [0.4, 0.5) is 0 Å². The predicted octanol–water partition coefficient (Wildman–Crippen LogP) is 3.32. The van der Waals surface area contributed by atoms with E-state index >= 15 is 0 Å². The third-order valence-electron chi connectivity index (χ3n) is 3.08. The van der Waals surface area contributed by atoms with Gasteiger partial charge in [0.05, 0.1) is 13.2 Å². The second-order valence-corrected chi connectivity index (χ2v) is 5.29.